The fourth-order valence-corrected chi connectivity index (χ4v) is 3.32. The van der Waals surface area contributed by atoms with E-state index in [1.54, 1.807) is 6.20 Å². The van der Waals surface area contributed by atoms with Crippen LogP contribution < -0.4 is 4.74 Å². The van der Waals surface area contributed by atoms with Crippen molar-refractivity contribution >= 4 is 0 Å². The molecule has 0 unspecified atom stereocenters. The van der Waals surface area contributed by atoms with Gasteiger partial charge in [-0.3, -0.25) is 9.88 Å². The minimum Gasteiger partial charge on any atom is -0.489 e. The van der Waals surface area contributed by atoms with Crippen LogP contribution in [-0.4, -0.2) is 27.1 Å². The molecule has 3 aromatic rings. The number of hydrogen-bond donors (Lipinski definition) is 0. The maximum atomic E-state index is 6.06. The van der Waals surface area contributed by atoms with Gasteiger partial charge in [0.25, 0.3) is 0 Å². The molecule has 0 saturated carbocycles. The van der Waals surface area contributed by atoms with E-state index in [9.17, 15) is 0 Å². The van der Waals surface area contributed by atoms with Gasteiger partial charge < -0.3 is 9.30 Å². The van der Waals surface area contributed by atoms with Crippen molar-refractivity contribution in [3.8, 4) is 11.4 Å². The fraction of sp³-hybridized carbons (Fsp3) is 0.250. The van der Waals surface area contributed by atoms with Crippen molar-refractivity contribution in [1.29, 1.82) is 0 Å². The Kier molecular flexibility index (Phi) is 4.05. The van der Waals surface area contributed by atoms with Crippen molar-refractivity contribution in [2.75, 3.05) is 6.54 Å². The van der Waals surface area contributed by atoms with Crippen LogP contribution in [0.1, 0.15) is 18.2 Å². The Bertz CT molecular complexity index is 813. The highest BCUT2D eigenvalue weighted by Crippen LogP contribution is 2.26. The van der Waals surface area contributed by atoms with Crippen molar-refractivity contribution in [1.82, 2.24) is 14.5 Å². The molecule has 4 nitrogen and oxygen atoms in total. The molecule has 0 amide bonds. The molecule has 24 heavy (non-hydrogen) atoms. The topological polar surface area (TPSA) is 30.3 Å². The highest BCUT2D eigenvalue weighted by atomic mass is 16.5. The summed E-state index contributed by atoms with van der Waals surface area (Å²) in [7, 11) is 0. The average molecular weight is 319 g/mol. The largest absolute Gasteiger partial charge is 0.489 e. The first-order valence-electron chi connectivity index (χ1n) is 8.33. The quantitative estimate of drug-likeness (QED) is 0.738. The molecule has 4 heteroatoms. The van der Waals surface area contributed by atoms with Crippen molar-refractivity contribution in [3.63, 3.8) is 0 Å². The Balaban J connectivity index is 1.59. The molecule has 1 aliphatic heterocycles. The van der Waals surface area contributed by atoms with Crippen LogP contribution in [0.5, 0.6) is 5.75 Å². The van der Waals surface area contributed by atoms with Gasteiger partial charge in [-0.05, 0) is 37.3 Å². The van der Waals surface area contributed by atoms with E-state index < -0.39 is 0 Å². The van der Waals surface area contributed by atoms with Gasteiger partial charge in [-0.15, -0.1) is 0 Å². The molecule has 1 aromatic carbocycles. The van der Waals surface area contributed by atoms with Crippen LogP contribution in [0.4, 0.5) is 0 Å². The number of pyridine rings is 1. The number of hydrogen-bond acceptors (Lipinski definition) is 3. The molecule has 0 spiro atoms. The van der Waals surface area contributed by atoms with E-state index in [0.29, 0.717) is 0 Å². The minimum atomic E-state index is 0.176. The minimum absolute atomic E-state index is 0.176. The van der Waals surface area contributed by atoms with Gasteiger partial charge in [-0.1, -0.05) is 18.2 Å². The van der Waals surface area contributed by atoms with Crippen molar-refractivity contribution in [2.45, 2.75) is 26.1 Å². The molecule has 0 radical (unpaired) electrons. The summed E-state index contributed by atoms with van der Waals surface area (Å²) in [5.74, 6) is 1.01. The number of benzene rings is 1. The number of nitrogens with zero attached hydrogens (tertiary/aromatic N) is 3. The molecular formula is C20H21N3O. The van der Waals surface area contributed by atoms with Crippen LogP contribution in [0, 0.1) is 0 Å². The van der Waals surface area contributed by atoms with Crippen LogP contribution in [0.3, 0.4) is 0 Å². The van der Waals surface area contributed by atoms with Gasteiger partial charge >= 0.3 is 0 Å². The lowest BCUT2D eigenvalue weighted by molar-refractivity contribution is 0.155. The van der Waals surface area contributed by atoms with E-state index in [2.05, 4.69) is 64.0 Å². The maximum Gasteiger partial charge on any atom is 0.124 e. The van der Waals surface area contributed by atoms with E-state index in [1.165, 1.54) is 11.3 Å². The van der Waals surface area contributed by atoms with E-state index in [1.807, 2.05) is 18.3 Å². The number of aromatic nitrogens is 2. The second-order valence-corrected chi connectivity index (χ2v) is 6.29. The molecule has 3 heterocycles. The Morgan fingerprint density at radius 2 is 2.04 bits per heavy atom. The second kappa shape index (κ2) is 6.49. The molecule has 122 valence electrons. The standard InChI is InChI=1S/C20H21N3O/c1-16-13-22(14-17-6-2-3-9-20(17)24-16)15-19-8-5-11-23(19)18-7-4-10-21-12-18/h2-12,16H,13-15H2,1H3/t16-/m1/s1. The summed E-state index contributed by atoms with van der Waals surface area (Å²) in [5.41, 5.74) is 3.60. The summed E-state index contributed by atoms with van der Waals surface area (Å²) in [4.78, 5) is 6.67. The van der Waals surface area contributed by atoms with Gasteiger partial charge in [0.2, 0.25) is 0 Å². The normalized spacial score (nSPS) is 17.8. The van der Waals surface area contributed by atoms with E-state index >= 15 is 0 Å². The number of fused-ring (bicyclic) bond motifs is 1. The lowest BCUT2D eigenvalue weighted by Gasteiger charge is -2.22. The Morgan fingerprint density at radius 1 is 1.12 bits per heavy atom. The van der Waals surface area contributed by atoms with Crippen LogP contribution in [0.25, 0.3) is 5.69 Å². The van der Waals surface area contributed by atoms with Gasteiger partial charge in [0.05, 0.1) is 11.9 Å². The first kappa shape index (κ1) is 15.0. The summed E-state index contributed by atoms with van der Waals surface area (Å²) in [5, 5.41) is 0. The molecule has 2 aromatic heterocycles. The number of ether oxygens (including phenoxy) is 1. The van der Waals surface area contributed by atoms with E-state index in [0.717, 1.165) is 31.1 Å². The maximum absolute atomic E-state index is 6.06. The smallest absolute Gasteiger partial charge is 0.124 e. The van der Waals surface area contributed by atoms with Crippen molar-refractivity contribution < 1.29 is 4.74 Å². The molecule has 0 fully saturated rings. The Labute approximate surface area is 142 Å². The fourth-order valence-electron chi connectivity index (χ4n) is 3.32. The highest BCUT2D eigenvalue weighted by Gasteiger charge is 2.20. The van der Waals surface area contributed by atoms with Gasteiger partial charge in [0.15, 0.2) is 0 Å². The summed E-state index contributed by atoms with van der Waals surface area (Å²) in [6.07, 6.45) is 5.97. The lowest BCUT2D eigenvalue weighted by Crippen LogP contribution is -2.31. The summed E-state index contributed by atoms with van der Waals surface area (Å²) < 4.78 is 8.27. The molecule has 0 aliphatic carbocycles. The van der Waals surface area contributed by atoms with Crippen LogP contribution in [0.15, 0.2) is 67.1 Å². The van der Waals surface area contributed by atoms with E-state index in [4.69, 9.17) is 4.74 Å². The first-order valence-corrected chi connectivity index (χ1v) is 8.33. The summed E-state index contributed by atoms with van der Waals surface area (Å²) in [6, 6.07) is 16.7. The predicted molar refractivity (Wildman–Crippen MR) is 94.2 cm³/mol. The van der Waals surface area contributed by atoms with Gasteiger partial charge in [-0.2, -0.15) is 0 Å². The summed E-state index contributed by atoms with van der Waals surface area (Å²) in [6.45, 7) is 4.82. The third-order valence-electron chi connectivity index (χ3n) is 4.35. The van der Waals surface area contributed by atoms with Gasteiger partial charge in [0, 0.05) is 43.3 Å². The number of para-hydroxylation sites is 1. The monoisotopic (exact) mass is 319 g/mol. The lowest BCUT2D eigenvalue weighted by atomic mass is 10.2. The third kappa shape index (κ3) is 3.05. The zero-order chi connectivity index (χ0) is 16.4. The predicted octanol–water partition coefficient (Wildman–Crippen LogP) is 3.66. The number of rotatable bonds is 3. The molecule has 4 rings (SSSR count). The first-order chi connectivity index (χ1) is 11.8. The zero-order valence-electron chi connectivity index (χ0n) is 13.8. The van der Waals surface area contributed by atoms with Crippen LogP contribution >= 0.6 is 0 Å². The molecule has 0 saturated heterocycles. The SMILES string of the molecule is C[C@@H]1CN(Cc2cccn2-c2cccnc2)Cc2ccccc2O1. The zero-order valence-corrected chi connectivity index (χ0v) is 13.8. The van der Waals surface area contributed by atoms with E-state index in [-0.39, 0.29) is 6.10 Å². The molecule has 1 aliphatic rings. The van der Waals surface area contributed by atoms with Crippen LogP contribution in [-0.2, 0) is 13.1 Å². The van der Waals surface area contributed by atoms with Gasteiger partial charge in [-0.25, -0.2) is 0 Å². The molecule has 0 bridgehead atoms. The average Bonchev–Trinajstić information content (AvgIpc) is 2.98. The van der Waals surface area contributed by atoms with Crippen LogP contribution in [0.2, 0.25) is 0 Å². The third-order valence-corrected chi connectivity index (χ3v) is 4.35. The summed E-state index contributed by atoms with van der Waals surface area (Å²) >= 11 is 0. The van der Waals surface area contributed by atoms with Crippen molar-refractivity contribution in [2.24, 2.45) is 0 Å². The Hall–Kier alpha value is -2.59. The molecule has 0 N–H and O–H groups in total. The highest BCUT2D eigenvalue weighted by molar-refractivity contribution is 5.35. The van der Waals surface area contributed by atoms with Gasteiger partial charge in [0.1, 0.15) is 11.9 Å². The Morgan fingerprint density at radius 3 is 2.92 bits per heavy atom. The molecular weight excluding hydrogens is 298 g/mol. The van der Waals surface area contributed by atoms with Crippen molar-refractivity contribution in [3.05, 3.63) is 78.4 Å². The molecule has 1 atom stereocenters. The second-order valence-electron chi connectivity index (χ2n) is 6.29.